The number of aliphatic hydroxyl groups excluding tert-OH is 1. The molecule has 3 aromatic rings. The summed E-state index contributed by atoms with van der Waals surface area (Å²) >= 11 is 0. The quantitative estimate of drug-likeness (QED) is 0.496. The predicted octanol–water partition coefficient (Wildman–Crippen LogP) is 3.77. The zero-order valence-electron chi connectivity index (χ0n) is 21.9. The van der Waals surface area contributed by atoms with Crippen LogP contribution in [0.25, 0.3) is 22.2 Å². The minimum atomic E-state index is -0.183. The highest BCUT2D eigenvalue weighted by atomic mass is 16.5. The Bertz CT molecular complexity index is 1130. The van der Waals surface area contributed by atoms with Gasteiger partial charge >= 0.3 is 0 Å². The highest BCUT2D eigenvalue weighted by Crippen LogP contribution is 2.36. The van der Waals surface area contributed by atoms with Crippen LogP contribution >= 0.6 is 0 Å². The predicted molar refractivity (Wildman–Crippen MR) is 144 cm³/mol. The SMILES string of the molecule is COC[C@@H](C)Nc1ncc2c(-c3ccc(CN4CCN(C)CC4)cc3)cn(C3CCC(O)CC3)c2n1. The van der Waals surface area contributed by atoms with Gasteiger partial charge in [0.25, 0.3) is 0 Å². The van der Waals surface area contributed by atoms with Crippen molar-refractivity contribution in [2.45, 2.75) is 57.3 Å². The molecule has 194 valence electrons. The Hall–Kier alpha value is -2.52. The summed E-state index contributed by atoms with van der Waals surface area (Å²) in [6.45, 7) is 8.17. The van der Waals surface area contributed by atoms with E-state index in [1.807, 2.05) is 6.20 Å². The highest BCUT2D eigenvalue weighted by molar-refractivity contribution is 5.94. The van der Waals surface area contributed by atoms with Crippen molar-refractivity contribution in [1.29, 1.82) is 0 Å². The molecule has 1 saturated heterocycles. The van der Waals surface area contributed by atoms with E-state index in [2.05, 4.69) is 69.1 Å². The van der Waals surface area contributed by atoms with Crippen LogP contribution < -0.4 is 5.32 Å². The van der Waals surface area contributed by atoms with Crippen LogP contribution in [0.3, 0.4) is 0 Å². The molecule has 1 atom stereocenters. The number of aliphatic hydroxyl groups is 1. The Labute approximate surface area is 214 Å². The Kier molecular flexibility index (Phi) is 7.86. The van der Waals surface area contributed by atoms with Crippen LogP contribution in [0.5, 0.6) is 0 Å². The van der Waals surface area contributed by atoms with Crippen molar-refractivity contribution >= 4 is 17.0 Å². The van der Waals surface area contributed by atoms with E-state index < -0.39 is 0 Å². The van der Waals surface area contributed by atoms with E-state index >= 15 is 0 Å². The zero-order chi connectivity index (χ0) is 25.1. The number of likely N-dealkylation sites (N-methyl/N-ethyl adjacent to an activating group) is 1. The van der Waals surface area contributed by atoms with Crippen molar-refractivity contribution < 1.29 is 9.84 Å². The number of methoxy groups -OCH3 is 1. The monoisotopic (exact) mass is 492 g/mol. The van der Waals surface area contributed by atoms with Crippen molar-refractivity contribution in [1.82, 2.24) is 24.3 Å². The second-order valence-corrected chi connectivity index (χ2v) is 10.6. The molecule has 0 radical (unpaired) electrons. The highest BCUT2D eigenvalue weighted by Gasteiger charge is 2.24. The molecule has 36 heavy (non-hydrogen) atoms. The van der Waals surface area contributed by atoms with Crippen LogP contribution in [-0.4, -0.2) is 88.5 Å². The third-order valence-electron chi connectivity index (χ3n) is 7.69. The largest absolute Gasteiger partial charge is 0.393 e. The number of hydrogen-bond acceptors (Lipinski definition) is 7. The van der Waals surface area contributed by atoms with E-state index in [0.717, 1.165) is 69.4 Å². The van der Waals surface area contributed by atoms with E-state index in [4.69, 9.17) is 9.72 Å². The van der Waals surface area contributed by atoms with Crippen molar-refractivity contribution in [3.05, 3.63) is 42.2 Å². The molecular formula is C28H40N6O2. The van der Waals surface area contributed by atoms with Crippen molar-refractivity contribution in [2.24, 2.45) is 0 Å². The van der Waals surface area contributed by atoms with Crippen molar-refractivity contribution in [2.75, 3.05) is 52.3 Å². The van der Waals surface area contributed by atoms with E-state index in [0.29, 0.717) is 18.6 Å². The summed E-state index contributed by atoms with van der Waals surface area (Å²) in [5.41, 5.74) is 4.66. The van der Waals surface area contributed by atoms with Gasteiger partial charge in [-0.2, -0.15) is 4.98 Å². The third kappa shape index (κ3) is 5.72. The molecule has 5 rings (SSSR count). The van der Waals surface area contributed by atoms with Gasteiger partial charge in [0.05, 0.1) is 12.7 Å². The summed E-state index contributed by atoms with van der Waals surface area (Å²) in [5.74, 6) is 0.622. The molecule has 0 spiro atoms. The number of nitrogens with one attached hydrogen (secondary N) is 1. The Morgan fingerprint density at radius 3 is 2.50 bits per heavy atom. The number of anilines is 1. The molecule has 1 aliphatic carbocycles. The zero-order valence-corrected chi connectivity index (χ0v) is 21.9. The van der Waals surface area contributed by atoms with Gasteiger partial charge in [-0.3, -0.25) is 4.90 Å². The Balaban J connectivity index is 1.42. The lowest BCUT2D eigenvalue weighted by Crippen LogP contribution is -2.43. The Morgan fingerprint density at radius 2 is 1.81 bits per heavy atom. The standard InChI is InChI=1S/C28H40N6O2/c1-20(19-36-3)30-28-29-16-25-26(18-34(27(25)31-28)23-8-10-24(35)11-9-23)22-6-4-21(5-7-22)17-33-14-12-32(2)13-15-33/h4-7,16,18,20,23-24,35H,8-15,17,19H2,1-3H3,(H,29,30,31)/t20-,23?,24?/m1/s1. The van der Waals surface area contributed by atoms with Gasteiger partial charge in [0.2, 0.25) is 5.95 Å². The number of benzene rings is 1. The van der Waals surface area contributed by atoms with E-state index in [1.165, 1.54) is 16.7 Å². The van der Waals surface area contributed by atoms with E-state index in [1.54, 1.807) is 7.11 Å². The van der Waals surface area contributed by atoms with Gasteiger partial charge in [0, 0.05) is 75.3 Å². The average Bonchev–Trinajstić information content (AvgIpc) is 3.25. The van der Waals surface area contributed by atoms with Gasteiger partial charge < -0.3 is 24.6 Å². The fraction of sp³-hybridized carbons (Fsp3) is 0.571. The van der Waals surface area contributed by atoms with Crippen molar-refractivity contribution in [3.63, 3.8) is 0 Å². The van der Waals surface area contributed by atoms with Crippen LogP contribution in [0.15, 0.2) is 36.7 Å². The molecule has 1 aromatic carbocycles. The molecule has 0 unspecified atom stereocenters. The summed E-state index contributed by atoms with van der Waals surface area (Å²) in [6.07, 6.45) is 7.61. The molecule has 2 aliphatic rings. The summed E-state index contributed by atoms with van der Waals surface area (Å²) in [5, 5.41) is 14.5. The summed E-state index contributed by atoms with van der Waals surface area (Å²) in [6, 6.07) is 9.45. The van der Waals surface area contributed by atoms with Crippen LogP contribution in [0.4, 0.5) is 5.95 Å². The molecule has 2 fully saturated rings. The number of nitrogens with zero attached hydrogens (tertiary/aromatic N) is 5. The number of rotatable bonds is 8. The maximum absolute atomic E-state index is 10.1. The van der Waals surface area contributed by atoms with Gasteiger partial charge in [-0.15, -0.1) is 0 Å². The number of ether oxygens (including phenoxy) is 1. The topological polar surface area (TPSA) is 78.7 Å². The molecule has 1 aliphatic heterocycles. The lowest BCUT2D eigenvalue weighted by molar-refractivity contribution is 0.111. The first kappa shape index (κ1) is 25.1. The molecule has 8 heteroatoms. The number of piperazine rings is 1. The lowest BCUT2D eigenvalue weighted by atomic mass is 9.93. The Morgan fingerprint density at radius 1 is 1.08 bits per heavy atom. The summed E-state index contributed by atoms with van der Waals surface area (Å²) in [7, 11) is 3.90. The second kappa shape index (κ2) is 11.3. The molecule has 2 aromatic heterocycles. The molecule has 1 saturated carbocycles. The number of fused-ring (bicyclic) bond motifs is 1. The van der Waals surface area contributed by atoms with Crippen LogP contribution in [-0.2, 0) is 11.3 Å². The molecule has 2 N–H and O–H groups in total. The van der Waals surface area contributed by atoms with Gasteiger partial charge in [-0.25, -0.2) is 4.98 Å². The molecule has 8 nitrogen and oxygen atoms in total. The second-order valence-electron chi connectivity index (χ2n) is 10.6. The van der Waals surface area contributed by atoms with Gasteiger partial charge in [-0.05, 0) is 50.8 Å². The average molecular weight is 493 g/mol. The summed E-state index contributed by atoms with van der Waals surface area (Å²) < 4.78 is 7.59. The molecule has 0 bridgehead atoms. The maximum atomic E-state index is 10.1. The van der Waals surface area contributed by atoms with Gasteiger partial charge in [0.15, 0.2) is 0 Å². The van der Waals surface area contributed by atoms with Gasteiger partial charge in [-0.1, -0.05) is 24.3 Å². The van der Waals surface area contributed by atoms with Crippen molar-refractivity contribution in [3.8, 4) is 11.1 Å². The molecule has 0 amide bonds. The third-order valence-corrected chi connectivity index (χ3v) is 7.69. The summed E-state index contributed by atoms with van der Waals surface area (Å²) in [4.78, 5) is 14.5. The first-order valence-corrected chi connectivity index (χ1v) is 13.3. The molecule has 3 heterocycles. The minimum Gasteiger partial charge on any atom is -0.393 e. The fourth-order valence-electron chi connectivity index (χ4n) is 5.51. The normalized spacial score (nSPS) is 22.7. The lowest BCUT2D eigenvalue weighted by Gasteiger charge is -2.32. The van der Waals surface area contributed by atoms with Crippen LogP contribution in [0.1, 0.15) is 44.2 Å². The number of aromatic nitrogens is 3. The van der Waals surface area contributed by atoms with E-state index in [-0.39, 0.29) is 12.1 Å². The van der Waals surface area contributed by atoms with Crippen LogP contribution in [0.2, 0.25) is 0 Å². The van der Waals surface area contributed by atoms with Crippen LogP contribution in [0, 0.1) is 0 Å². The smallest absolute Gasteiger partial charge is 0.224 e. The first-order chi connectivity index (χ1) is 17.5. The maximum Gasteiger partial charge on any atom is 0.224 e. The minimum absolute atomic E-state index is 0.119. The first-order valence-electron chi connectivity index (χ1n) is 13.3. The van der Waals surface area contributed by atoms with E-state index in [9.17, 15) is 5.11 Å². The number of hydrogen-bond donors (Lipinski definition) is 2. The molecular weight excluding hydrogens is 452 g/mol. The fourth-order valence-corrected chi connectivity index (χ4v) is 5.51. The van der Waals surface area contributed by atoms with Gasteiger partial charge in [0.1, 0.15) is 5.65 Å².